The highest BCUT2D eigenvalue weighted by Crippen LogP contribution is 2.32. The minimum absolute atomic E-state index is 0.00332. The highest BCUT2D eigenvalue weighted by Gasteiger charge is 2.20. The molecule has 0 bridgehead atoms. The monoisotopic (exact) mass is 470 g/mol. The number of anilines is 2. The van der Waals surface area contributed by atoms with E-state index in [9.17, 15) is 13.2 Å². The van der Waals surface area contributed by atoms with Gasteiger partial charge in [-0.05, 0) is 55.8 Å². The lowest BCUT2D eigenvalue weighted by Crippen LogP contribution is -2.16. The molecule has 33 heavy (non-hydrogen) atoms. The van der Waals surface area contributed by atoms with Crippen LogP contribution in [-0.4, -0.2) is 28.1 Å². The fourth-order valence-corrected chi connectivity index (χ4v) is 4.01. The Balaban J connectivity index is 1.90. The van der Waals surface area contributed by atoms with Gasteiger partial charge < -0.3 is 19.9 Å². The minimum Gasteiger partial charge on any atom is -0.491 e. The summed E-state index contributed by atoms with van der Waals surface area (Å²) in [5.74, 6) is 0.523. The van der Waals surface area contributed by atoms with Crippen LogP contribution in [0.25, 0.3) is 0 Å². The quantitative estimate of drug-likeness (QED) is 0.342. The number of rotatable bonds is 9. The predicted molar refractivity (Wildman–Crippen MR) is 126 cm³/mol. The lowest BCUT2D eigenvalue weighted by atomic mass is 10.1. The van der Waals surface area contributed by atoms with Crippen LogP contribution in [0.1, 0.15) is 29.3 Å². The maximum Gasteiger partial charge on any atom is 0.340 e. The number of sulfonamides is 1. The molecule has 0 aliphatic rings. The van der Waals surface area contributed by atoms with Crippen molar-refractivity contribution < 1.29 is 27.4 Å². The van der Waals surface area contributed by atoms with Gasteiger partial charge in [0.25, 0.3) is 10.0 Å². The summed E-state index contributed by atoms with van der Waals surface area (Å²) in [5, 5.41) is 0. The van der Waals surface area contributed by atoms with Crippen LogP contribution < -0.4 is 19.9 Å². The highest BCUT2D eigenvalue weighted by molar-refractivity contribution is 7.92. The van der Waals surface area contributed by atoms with E-state index in [4.69, 9.17) is 19.9 Å². The third-order valence-corrected chi connectivity index (χ3v) is 6.04. The van der Waals surface area contributed by atoms with Gasteiger partial charge in [0.05, 0.1) is 35.6 Å². The molecule has 0 aliphatic heterocycles. The summed E-state index contributed by atoms with van der Waals surface area (Å²) >= 11 is 0. The lowest BCUT2D eigenvalue weighted by molar-refractivity contribution is 0.0601. The Kier molecular flexibility index (Phi) is 7.44. The van der Waals surface area contributed by atoms with E-state index in [0.717, 1.165) is 12.0 Å². The van der Waals surface area contributed by atoms with Crippen LogP contribution in [0.3, 0.4) is 0 Å². The van der Waals surface area contributed by atoms with Gasteiger partial charge in [-0.15, -0.1) is 0 Å². The molecule has 0 saturated carbocycles. The van der Waals surface area contributed by atoms with E-state index in [0.29, 0.717) is 29.5 Å². The number of hydrogen-bond donors (Lipinski definition) is 2. The van der Waals surface area contributed by atoms with Crippen LogP contribution in [0, 0.1) is 6.92 Å². The van der Waals surface area contributed by atoms with Gasteiger partial charge in [-0.2, -0.15) is 0 Å². The number of nitrogens with two attached hydrogens (primary N) is 1. The number of nitrogens with one attached hydrogen (secondary N) is 1. The molecule has 0 spiro atoms. The Morgan fingerprint density at radius 1 is 1.00 bits per heavy atom. The summed E-state index contributed by atoms with van der Waals surface area (Å²) in [4.78, 5) is 12.4. The van der Waals surface area contributed by atoms with E-state index in [2.05, 4.69) is 4.72 Å². The molecule has 0 unspecified atom stereocenters. The van der Waals surface area contributed by atoms with Gasteiger partial charge in [0.2, 0.25) is 0 Å². The van der Waals surface area contributed by atoms with Crippen LogP contribution in [0.5, 0.6) is 17.2 Å². The first-order valence-corrected chi connectivity index (χ1v) is 11.7. The molecule has 3 rings (SSSR count). The first kappa shape index (κ1) is 23.9. The van der Waals surface area contributed by atoms with Crippen LogP contribution in [0.15, 0.2) is 65.6 Å². The summed E-state index contributed by atoms with van der Waals surface area (Å²) in [6.07, 6.45) is 0.826. The molecule has 3 aromatic carbocycles. The van der Waals surface area contributed by atoms with Crippen molar-refractivity contribution in [3.8, 4) is 17.2 Å². The molecule has 0 aromatic heterocycles. The maximum atomic E-state index is 12.8. The number of esters is 1. The second-order valence-electron chi connectivity index (χ2n) is 7.27. The first-order valence-electron chi connectivity index (χ1n) is 10.3. The van der Waals surface area contributed by atoms with Crippen molar-refractivity contribution in [1.29, 1.82) is 0 Å². The molecular weight excluding hydrogens is 444 g/mol. The van der Waals surface area contributed by atoms with E-state index in [1.165, 1.54) is 31.4 Å². The molecule has 9 heteroatoms. The van der Waals surface area contributed by atoms with Crippen LogP contribution in [-0.2, 0) is 14.8 Å². The number of hydrogen-bond acceptors (Lipinski definition) is 7. The number of benzene rings is 3. The first-order chi connectivity index (χ1) is 15.7. The minimum atomic E-state index is -3.91. The second-order valence-corrected chi connectivity index (χ2v) is 8.95. The number of carbonyl (C=O) groups is 1. The Hall–Kier alpha value is -3.72. The zero-order chi connectivity index (χ0) is 24.0. The fourth-order valence-electron chi connectivity index (χ4n) is 2.93. The van der Waals surface area contributed by atoms with E-state index in [1.807, 2.05) is 13.8 Å². The molecule has 3 aromatic rings. The normalized spacial score (nSPS) is 11.0. The SMILES string of the molecule is CCCOc1cc(Oc2ccc(NS(=O)(=O)c3ccc(C)cc3)c(C(=O)OC)c2)ccc1N. The van der Waals surface area contributed by atoms with Crippen molar-refractivity contribution in [2.45, 2.75) is 25.2 Å². The van der Waals surface area contributed by atoms with Crippen molar-refractivity contribution >= 4 is 27.4 Å². The van der Waals surface area contributed by atoms with Crippen molar-refractivity contribution in [2.75, 3.05) is 24.2 Å². The zero-order valence-electron chi connectivity index (χ0n) is 18.6. The molecule has 0 saturated heterocycles. The van der Waals surface area contributed by atoms with E-state index < -0.39 is 16.0 Å². The van der Waals surface area contributed by atoms with Crippen molar-refractivity contribution in [2.24, 2.45) is 0 Å². The Bertz CT molecular complexity index is 1240. The standard InChI is InChI=1S/C24H26N2O6S/c1-4-13-31-23-15-18(7-11-21(23)25)32-17-8-12-22(20(14-17)24(27)30-3)26-33(28,29)19-9-5-16(2)6-10-19/h5-12,14-15,26H,4,13,25H2,1-3H3. The van der Waals surface area contributed by atoms with Crippen LogP contribution in [0.2, 0.25) is 0 Å². The van der Waals surface area contributed by atoms with Crippen molar-refractivity contribution in [1.82, 2.24) is 0 Å². The topological polar surface area (TPSA) is 117 Å². The van der Waals surface area contributed by atoms with Crippen LogP contribution in [0.4, 0.5) is 11.4 Å². The van der Waals surface area contributed by atoms with Gasteiger partial charge in [-0.3, -0.25) is 4.72 Å². The average Bonchev–Trinajstić information content (AvgIpc) is 2.80. The van der Waals surface area contributed by atoms with Gasteiger partial charge in [-0.1, -0.05) is 24.6 Å². The van der Waals surface area contributed by atoms with Crippen LogP contribution >= 0.6 is 0 Å². The van der Waals surface area contributed by atoms with E-state index >= 15 is 0 Å². The molecular formula is C24H26N2O6S. The number of nitrogen functional groups attached to an aromatic ring is 1. The molecule has 0 amide bonds. The zero-order valence-corrected chi connectivity index (χ0v) is 19.4. The summed E-state index contributed by atoms with van der Waals surface area (Å²) in [6, 6.07) is 15.7. The number of aryl methyl sites for hydroxylation is 1. The van der Waals surface area contributed by atoms with E-state index in [1.54, 1.807) is 36.4 Å². The molecule has 174 valence electrons. The summed E-state index contributed by atoms with van der Waals surface area (Å²) in [5.41, 5.74) is 7.41. The number of methoxy groups -OCH3 is 1. The van der Waals surface area contributed by atoms with Gasteiger partial charge in [0.15, 0.2) is 0 Å². The molecule has 0 fully saturated rings. The van der Waals surface area contributed by atoms with Gasteiger partial charge >= 0.3 is 5.97 Å². The lowest BCUT2D eigenvalue weighted by Gasteiger charge is -2.14. The predicted octanol–water partition coefficient (Wildman–Crippen LogP) is 4.75. The summed E-state index contributed by atoms with van der Waals surface area (Å²) in [7, 11) is -2.70. The maximum absolute atomic E-state index is 12.8. The Morgan fingerprint density at radius 3 is 2.33 bits per heavy atom. The molecule has 0 radical (unpaired) electrons. The third-order valence-electron chi connectivity index (χ3n) is 4.65. The van der Waals surface area contributed by atoms with Gasteiger partial charge in [0, 0.05) is 6.07 Å². The summed E-state index contributed by atoms with van der Waals surface area (Å²) in [6.45, 7) is 4.35. The Labute approximate surface area is 193 Å². The molecule has 8 nitrogen and oxygen atoms in total. The smallest absolute Gasteiger partial charge is 0.340 e. The second kappa shape index (κ2) is 10.3. The van der Waals surface area contributed by atoms with Crippen molar-refractivity contribution in [3.05, 3.63) is 71.8 Å². The highest BCUT2D eigenvalue weighted by atomic mass is 32.2. The number of carbonyl (C=O) groups excluding carboxylic acids is 1. The summed E-state index contributed by atoms with van der Waals surface area (Å²) < 4.78 is 44.3. The average molecular weight is 471 g/mol. The molecule has 0 atom stereocenters. The largest absolute Gasteiger partial charge is 0.491 e. The fraction of sp³-hybridized carbons (Fsp3) is 0.208. The molecule has 3 N–H and O–H groups in total. The molecule has 0 aliphatic carbocycles. The van der Waals surface area contributed by atoms with Gasteiger partial charge in [-0.25, -0.2) is 13.2 Å². The number of ether oxygens (including phenoxy) is 3. The van der Waals surface area contributed by atoms with Gasteiger partial charge in [0.1, 0.15) is 17.2 Å². The molecule has 0 heterocycles. The Morgan fingerprint density at radius 2 is 1.67 bits per heavy atom. The van der Waals surface area contributed by atoms with Crippen molar-refractivity contribution in [3.63, 3.8) is 0 Å². The third kappa shape index (κ3) is 5.95. The van der Waals surface area contributed by atoms with E-state index in [-0.39, 0.29) is 16.1 Å².